The summed E-state index contributed by atoms with van der Waals surface area (Å²) in [6.45, 7) is 6.58. The summed E-state index contributed by atoms with van der Waals surface area (Å²) in [6.07, 6.45) is -0.0694. The van der Waals surface area contributed by atoms with Crippen molar-refractivity contribution in [2.24, 2.45) is 5.41 Å². The summed E-state index contributed by atoms with van der Waals surface area (Å²) in [4.78, 5) is 35.7. The van der Waals surface area contributed by atoms with Crippen LogP contribution >= 0.6 is 15.9 Å². The molecule has 1 aliphatic rings. The number of carbonyl (C=O) groups excluding carboxylic acids is 3. The highest BCUT2D eigenvalue weighted by atomic mass is 79.9. The van der Waals surface area contributed by atoms with E-state index in [1.165, 1.54) is 0 Å². The second-order valence-electron chi connectivity index (χ2n) is 5.15. The summed E-state index contributed by atoms with van der Waals surface area (Å²) in [5.74, 6) is -1.10. The van der Waals surface area contributed by atoms with E-state index in [4.69, 9.17) is 8.05 Å². The lowest BCUT2D eigenvalue weighted by Crippen LogP contribution is -2.31. The molecule has 0 aromatic carbocycles. The first-order chi connectivity index (χ1) is 8.63. The van der Waals surface area contributed by atoms with Crippen molar-refractivity contribution >= 4 is 41.5 Å². The van der Waals surface area contributed by atoms with Crippen molar-refractivity contribution < 1.29 is 19.0 Å². The predicted octanol–water partition coefficient (Wildman–Crippen LogP) is 2.17. The summed E-state index contributed by atoms with van der Waals surface area (Å²) in [7, 11) is 4.82. The summed E-state index contributed by atoms with van der Waals surface area (Å²) in [5, 5.41) is 0. The average molecular weight is 325 g/mol. The lowest BCUT2D eigenvalue weighted by Gasteiger charge is -2.30. The first-order valence-electron chi connectivity index (χ1n) is 5.70. The van der Waals surface area contributed by atoms with Crippen molar-refractivity contribution in [3.8, 4) is 0 Å². The van der Waals surface area contributed by atoms with Gasteiger partial charge < -0.3 is 4.65 Å². The van der Waals surface area contributed by atoms with Crippen LogP contribution in [0.25, 0.3) is 0 Å². The molecule has 0 saturated heterocycles. The number of hydrogen-bond donors (Lipinski definition) is 0. The molecule has 0 aromatic heterocycles. The summed E-state index contributed by atoms with van der Waals surface area (Å²) < 4.78 is 4.42. The van der Waals surface area contributed by atoms with Gasteiger partial charge in [-0.25, -0.2) is 0 Å². The highest BCUT2D eigenvalue weighted by Crippen LogP contribution is 2.39. The second-order valence-corrected chi connectivity index (χ2v) is 5.94. The van der Waals surface area contributed by atoms with Crippen molar-refractivity contribution in [3.63, 3.8) is 0 Å². The maximum absolute atomic E-state index is 12.3. The number of carbonyl (C=O) groups is 3. The molecule has 0 fully saturated rings. The molecule has 0 heterocycles. The summed E-state index contributed by atoms with van der Waals surface area (Å²) >= 11 is 3.12. The van der Waals surface area contributed by atoms with E-state index in [0.717, 1.165) is 0 Å². The molecule has 0 spiro atoms. The molecular formula is C13H14BBrO4. The Morgan fingerprint density at radius 3 is 2.21 bits per heavy atom. The van der Waals surface area contributed by atoms with Crippen molar-refractivity contribution in [2.75, 3.05) is 0 Å². The number of allylic oxidation sites excluding steroid dienone is 4. The fourth-order valence-electron chi connectivity index (χ4n) is 2.21. The van der Waals surface area contributed by atoms with Gasteiger partial charge in [0.15, 0.2) is 11.6 Å². The maximum Gasteiger partial charge on any atom is 0.378 e. The standard InChI is InChI=1S/C13H14BBrO4/c1-6-9(13(3,4)5-8(16)19-14)11(17)7(2)10(15)12(6)18/h5H2,1-4H3. The zero-order chi connectivity index (χ0) is 15.0. The fourth-order valence-corrected chi connectivity index (χ4v) is 2.69. The largest absolute Gasteiger partial charge is 0.543 e. The minimum absolute atomic E-state index is 0.0694. The van der Waals surface area contributed by atoms with Gasteiger partial charge in [-0.15, -0.1) is 0 Å². The van der Waals surface area contributed by atoms with Gasteiger partial charge in [0.25, 0.3) is 5.97 Å². The Morgan fingerprint density at radius 1 is 1.21 bits per heavy atom. The topological polar surface area (TPSA) is 60.4 Å². The molecule has 0 N–H and O–H groups in total. The van der Waals surface area contributed by atoms with E-state index in [1.54, 1.807) is 27.7 Å². The van der Waals surface area contributed by atoms with E-state index in [9.17, 15) is 14.4 Å². The van der Waals surface area contributed by atoms with Crippen LogP contribution in [-0.2, 0) is 19.0 Å². The van der Waals surface area contributed by atoms with E-state index in [-0.39, 0.29) is 22.5 Å². The van der Waals surface area contributed by atoms with Crippen molar-refractivity contribution in [1.29, 1.82) is 0 Å². The van der Waals surface area contributed by atoms with E-state index >= 15 is 0 Å². The third-order valence-corrected chi connectivity index (χ3v) is 4.16. The molecule has 0 saturated carbocycles. The molecule has 1 rings (SSSR count). The molecule has 0 aromatic rings. The van der Waals surface area contributed by atoms with Gasteiger partial charge in [0, 0.05) is 22.1 Å². The van der Waals surface area contributed by atoms with Gasteiger partial charge in [0.1, 0.15) is 0 Å². The Labute approximate surface area is 121 Å². The van der Waals surface area contributed by atoms with Crippen LogP contribution in [-0.4, -0.2) is 25.6 Å². The second kappa shape index (κ2) is 5.45. The Kier molecular flexibility index (Phi) is 4.56. The van der Waals surface area contributed by atoms with E-state index < -0.39 is 11.4 Å². The first-order valence-corrected chi connectivity index (χ1v) is 6.49. The zero-order valence-corrected chi connectivity index (χ0v) is 12.9. The number of rotatable bonds is 3. The molecular weight excluding hydrogens is 311 g/mol. The Bertz CT molecular complexity index is 529. The SMILES string of the molecule is [B]OC(=O)CC(C)(C)C1=C(C)C(=O)C(Br)=C(C)C1=O. The lowest BCUT2D eigenvalue weighted by atomic mass is 9.73. The molecule has 0 atom stereocenters. The zero-order valence-electron chi connectivity index (χ0n) is 11.3. The highest BCUT2D eigenvalue weighted by Gasteiger charge is 2.38. The molecule has 0 unspecified atom stereocenters. The third-order valence-electron chi connectivity index (χ3n) is 3.21. The molecule has 19 heavy (non-hydrogen) atoms. The molecule has 1 aliphatic carbocycles. The lowest BCUT2D eigenvalue weighted by molar-refractivity contribution is -0.135. The molecule has 4 nitrogen and oxygen atoms in total. The maximum atomic E-state index is 12.3. The smallest absolute Gasteiger partial charge is 0.378 e. The number of Topliss-reactive ketones (excluding diaryl/α,β-unsaturated/α-hetero) is 2. The summed E-state index contributed by atoms with van der Waals surface area (Å²) in [5.41, 5.74) is 0.211. The van der Waals surface area contributed by atoms with E-state index in [2.05, 4.69) is 20.6 Å². The highest BCUT2D eigenvalue weighted by molar-refractivity contribution is 9.12. The van der Waals surface area contributed by atoms with Crippen LogP contribution in [0.4, 0.5) is 0 Å². The molecule has 6 heteroatoms. The van der Waals surface area contributed by atoms with Gasteiger partial charge >= 0.3 is 8.05 Å². The molecule has 0 amide bonds. The normalized spacial score (nSPS) is 17.1. The van der Waals surface area contributed by atoms with Gasteiger partial charge in [-0.05, 0) is 29.8 Å². The predicted molar refractivity (Wildman–Crippen MR) is 74.6 cm³/mol. The van der Waals surface area contributed by atoms with Gasteiger partial charge in [-0.1, -0.05) is 13.8 Å². The van der Waals surface area contributed by atoms with Gasteiger partial charge in [0.2, 0.25) is 0 Å². The molecule has 100 valence electrons. The molecule has 2 radical (unpaired) electrons. The van der Waals surface area contributed by atoms with Crippen LogP contribution in [0.15, 0.2) is 21.2 Å². The number of hydrogen-bond acceptors (Lipinski definition) is 4. The quantitative estimate of drug-likeness (QED) is 0.589. The van der Waals surface area contributed by atoms with Gasteiger partial charge in [-0.3, -0.25) is 14.4 Å². The minimum atomic E-state index is -0.817. The number of ketones is 2. The van der Waals surface area contributed by atoms with E-state index in [0.29, 0.717) is 16.7 Å². The molecule has 0 bridgehead atoms. The van der Waals surface area contributed by atoms with Crippen LogP contribution in [0.3, 0.4) is 0 Å². The Balaban J connectivity index is 3.29. The Hall–Kier alpha value is -1.17. The van der Waals surface area contributed by atoms with Crippen molar-refractivity contribution in [1.82, 2.24) is 0 Å². The van der Waals surface area contributed by atoms with Crippen LogP contribution in [0.2, 0.25) is 0 Å². The van der Waals surface area contributed by atoms with Gasteiger partial charge in [0.05, 0.1) is 10.9 Å². The van der Waals surface area contributed by atoms with Gasteiger partial charge in [-0.2, -0.15) is 0 Å². The van der Waals surface area contributed by atoms with Crippen molar-refractivity contribution in [3.05, 3.63) is 21.2 Å². The monoisotopic (exact) mass is 324 g/mol. The van der Waals surface area contributed by atoms with Crippen LogP contribution < -0.4 is 0 Å². The minimum Gasteiger partial charge on any atom is -0.543 e. The van der Waals surface area contributed by atoms with Crippen LogP contribution in [0, 0.1) is 5.41 Å². The average Bonchev–Trinajstić information content (AvgIpc) is 2.33. The van der Waals surface area contributed by atoms with Crippen LogP contribution in [0.1, 0.15) is 34.1 Å². The molecule has 0 aliphatic heterocycles. The Morgan fingerprint density at radius 2 is 1.74 bits per heavy atom. The fraction of sp³-hybridized carbons (Fsp3) is 0.462. The summed E-state index contributed by atoms with van der Waals surface area (Å²) in [6, 6.07) is 0. The van der Waals surface area contributed by atoms with Crippen molar-refractivity contribution in [2.45, 2.75) is 34.1 Å². The first kappa shape index (κ1) is 15.9. The van der Waals surface area contributed by atoms with Crippen LogP contribution in [0.5, 0.6) is 0 Å². The third kappa shape index (κ3) is 2.89. The number of halogens is 1. The van der Waals surface area contributed by atoms with E-state index in [1.807, 2.05) is 0 Å².